The molecule has 1 N–H and O–H groups in total. The molecule has 0 saturated carbocycles. The summed E-state index contributed by atoms with van der Waals surface area (Å²) in [7, 11) is -1.15. The Bertz CT molecular complexity index is 1080. The lowest BCUT2D eigenvalue weighted by Gasteiger charge is -2.34. The number of para-hydroxylation sites is 1. The molecule has 2 amide bonds. The summed E-state index contributed by atoms with van der Waals surface area (Å²) in [5, 5.41) is 3.46. The minimum atomic E-state index is -3.97. The molecule has 192 valence electrons. The summed E-state index contributed by atoms with van der Waals surface area (Å²) in [6.07, 6.45) is 0.370. The monoisotopic (exact) mass is 522 g/mol. The third-order valence-electron chi connectivity index (χ3n) is 5.40. The minimum absolute atomic E-state index is 0.133. The zero-order chi connectivity index (χ0) is 26.2. The van der Waals surface area contributed by atoms with E-state index in [1.807, 2.05) is 20.8 Å². The van der Waals surface area contributed by atoms with Crippen LogP contribution in [0, 0.1) is 5.92 Å². The van der Waals surface area contributed by atoms with Gasteiger partial charge in [0.1, 0.15) is 12.6 Å². The normalized spacial score (nSPS) is 12.5. The molecule has 0 aliphatic rings. The highest BCUT2D eigenvalue weighted by molar-refractivity contribution is 7.90. The van der Waals surface area contributed by atoms with Gasteiger partial charge in [-0.1, -0.05) is 62.7 Å². The summed E-state index contributed by atoms with van der Waals surface area (Å²) in [4.78, 5) is 28.2. The molecule has 0 aliphatic heterocycles. The Morgan fingerprint density at radius 1 is 1.00 bits per heavy atom. The van der Waals surface area contributed by atoms with Gasteiger partial charge in [-0.3, -0.25) is 9.59 Å². The first-order valence-electron chi connectivity index (χ1n) is 11.5. The topological polar surface area (TPSA) is 90.0 Å². The molecule has 2 aromatic rings. The fourth-order valence-electron chi connectivity index (χ4n) is 3.44. The molecule has 0 saturated heterocycles. The van der Waals surface area contributed by atoms with E-state index in [9.17, 15) is 18.0 Å². The van der Waals surface area contributed by atoms with E-state index in [-0.39, 0.29) is 18.4 Å². The molecule has 0 radical (unpaired) electrons. The fourth-order valence-corrected chi connectivity index (χ4v) is 4.62. The van der Waals surface area contributed by atoms with Crippen LogP contribution >= 0.6 is 11.6 Å². The minimum Gasteiger partial charge on any atom is -0.354 e. The van der Waals surface area contributed by atoms with Crippen molar-refractivity contribution in [1.29, 1.82) is 0 Å². The Kier molecular flexibility index (Phi) is 10.5. The van der Waals surface area contributed by atoms with Crippen LogP contribution in [0.15, 0.2) is 54.6 Å². The maximum Gasteiger partial charge on any atom is 0.304 e. The van der Waals surface area contributed by atoms with Crippen LogP contribution in [-0.4, -0.2) is 62.7 Å². The summed E-state index contributed by atoms with van der Waals surface area (Å²) in [5.74, 6) is -0.512. The largest absolute Gasteiger partial charge is 0.354 e. The molecule has 2 rings (SSSR count). The average molecular weight is 523 g/mol. The number of carbonyl (C=O) groups excluding carboxylic acids is 2. The van der Waals surface area contributed by atoms with Gasteiger partial charge < -0.3 is 10.2 Å². The zero-order valence-corrected chi connectivity index (χ0v) is 22.5. The van der Waals surface area contributed by atoms with Crippen molar-refractivity contribution in [1.82, 2.24) is 14.5 Å². The number of nitrogens with one attached hydrogen (secondary N) is 1. The summed E-state index contributed by atoms with van der Waals surface area (Å²) in [6, 6.07) is 14.7. The lowest BCUT2D eigenvalue weighted by atomic mass is 10.1. The van der Waals surface area contributed by atoms with Crippen molar-refractivity contribution in [2.75, 3.05) is 31.5 Å². The van der Waals surface area contributed by atoms with Gasteiger partial charge in [-0.15, -0.1) is 0 Å². The molecule has 0 fully saturated rings. The van der Waals surface area contributed by atoms with Crippen molar-refractivity contribution in [3.63, 3.8) is 0 Å². The van der Waals surface area contributed by atoms with Crippen molar-refractivity contribution < 1.29 is 18.0 Å². The van der Waals surface area contributed by atoms with E-state index in [1.165, 1.54) is 19.0 Å². The maximum absolute atomic E-state index is 13.7. The van der Waals surface area contributed by atoms with E-state index in [1.54, 1.807) is 54.6 Å². The van der Waals surface area contributed by atoms with Crippen molar-refractivity contribution in [3.05, 3.63) is 65.2 Å². The maximum atomic E-state index is 13.7. The molecule has 10 heteroatoms. The van der Waals surface area contributed by atoms with E-state index >= 15 is 0 Å². The molecule has 0 aliphatic carbocycles. The van der Waals surface area contributed by atoms with Gasteiger partial charge in [0.15, 0.2) is 0 Å². The van der Waals surface area contributed by atoms with Gasteiger partial charge in [0.25, 0.3) is 0 Å². The standard InChI is InChI=1S/C25H35ClN4O4S/c1-6-23(25(32)27-16-19(2)3)29(17-20-12-14-21(26)15-13-20)24(31)18-30(35(33,34)28(4)5)22-10-8-7-9-11-22/h7-15,19,23H,6,16-18H2,1-5H3,(H,27,32). The number of nitrogens with zero attached hydrogens (tertiary/aromatic N) is 3. The third-order valence-corrected chi connectivity index (χ3v) is 7.47. The Hall–Kier alpha value is -2.62. The van der Waals surface area contributed by atoms with Gasteiger partial charge in [0.2, 0.25) is 11.8 Å². The summed E-state index contributed by atoms with van der Waals surface area (Å²) in [6.45, 7) is 5.96. The highest BCUT2D eigenvalue weighted by Gasteiger charge is 2.33. The second kappa shape index (κ2) is 12.9. The van der Waals surface area contributed by atoms with E-state index in [4.69, 9.17) is 11.6 Å². The molecule has 0 spiro atoms. The molecule has 1 atom stereocenters. The van der Waals surface area contributed by atoms with Crippen LogP contribution in [0.2, 0.25) is 5.02 Å². The number of carbonyl (C=O) groups is 2. The first-order chi connectivity index (χ1) is 16.5. The Morgan fingerprint density at radius 2 is 1.60 bits per heavy atom. The van der Waals surface area contributed by atoms with Gasteiger partial charge >= 0.3 is 10.2 Å². The predicted molar refractivity (Wildman–Crippen MR) is 140 cm³/mol. The molecular formula is C25H35ClN4O4S. The Morgan fingerprint density at radius 3 is 2.11 bits per heavy atom. The van der Waals surface area contributed by atoms with Crippen molar-refractivity contribution in [2.24, 2.45) is 5.92 Å². The number of rotatable bonds is 12. The second-order valence-electron chi connectivity index (χ2n) is 8.84. The number of hydrogen-bond acceptors (Lipinski definition) is 4. The van der Waals surface area contributed by atoms with Crippen LogP contribution < -0.4 is 9.62 Å². The van der Waals surface area contributed by atoms with E-state index in [0.29, 0.717) is 23.7 Å². The SMILES string of the molecule is CCC(C(=O)NCC(C)C)N(Cc1ccc(Cl)cc1)C(=O)CN(c1ccccc1)S(=O)(=O)N(C)C. The highest BCUT2D eigenvalue weighted by atomic mass is 35.5. The molecule has 8 nitrogen and oxygen atoms in total. The smallest absolute Gasteiger partial charge is 0.304 e. The van der Waals surface area contributed by atoms with Crippen LogP contribution in [0.4, 0.5) is 5.69 Å². The number of halogens is 1. The van der Waals surface area contributed by atoms with Crippen LogP contribution in [-0.2, 0) is 26.3 Å². The van der Waals surface area contributed by atoms with Gasteiger partial charge in [0, 0.05) is 32.2 Å². The van der Waals surface area contributed by atoms with Crippen molar-refractivity contribution in [3.8, 4) is 0 Å². The lowest BCUT2D eigenvalue weighted by Crippen LogP contribution is -2.53. The predicted octanol–water partition coefficient (Wildman–Crippen LogP) is 3.53. The second-order valence-corrected chi connectivity index (χ2v) is 11.3. The van der Waals surface area contributed by atoms with Crippen LogP contribution in [0.3, 0.4) is 0 Å². The molecule has 0 heterocycles. The molecule has 0 bridgehead atoms. The molecule has 2 aromatic carbocycles. The van der Waals surface area contributed by atoms with Gasteiger partial charge in [-0.05, 0) is 42.2 Å². The molecular weight excluding hydrogens is 488 g/mol. The first kappa shape index (κ1) is 28.6. The molecule has 1 unspecified atom stereocenters. The van der Waals surface area contributed by atoms with Crippen molar-refractivity contribution >= 4 is 39.3 Å². The number of anilines is 1. The number of hydrogen-bond donors (Lipinski definition) is 1. The van der Waals surface area contributed by atoms with Gasteiger partial charge in [-0.25, -0.2) is 4.31 Å². The van der Waals surface area contributed by atoms with Crippen LogP contribution in [0.1, 0.15) is 32.8 Å². The lowest BCUT2D eigenvalue weighted by molar-refractivity contribution is -0.140. The summed E-state index contributed by atoms with van der Waals surface area (Å²) < 4.78 is 28.4. The Labute approximate surface area is 214 Å². The van der Waals surface area contributed by atoms with Crippen molar-refractivity contribution in [2.45, 2.75) is 39.8 Å². The van der Waals surface area contributed by atoms with Gasteiger partial charge in [-0.2, -0.15) is 12.7 Å². The fraction of sp³-hybridized carbons (Fsp3) is 0.440. The van der Waals surface area contributed by atoms with Gasteiger partial charge in [0.05, 0.1) is 5.69 Å². The third kappa shape index (κ3) is 7.95. The average Bonchev–Trinajstić information content (AvgIpc) is 2.82. The van der Waals surface area contributed by atoms with Crippen LogP contribution in [0.25, 0.3) is 0 Å². The van der Waals surface area contributed by atoms with E-state index in [0.717, 1.165) is 14.2 Å². The van der Waals surface area contributed by atoms with E-state index < -0.39 is 28.7 Å². The first-order valence-corrected chi connectivity index (χ1v) is 13.3. The number of benzene rings is 2. The molecule has 35 heavy (non-hydrogen) atoms. The molecule has 0 aromatic heterocycles. The summed E-state index contributed by atoms with van der Waals surface area (Å²) >= 11 is 6.02. The van der Waals surface area contributed by atoms with Crippen LogP contribution in [0.5, 0.6) is 0 Å². The summed E-state index contributed by atoms with van der Waals surface area (Å²) in [5.41, 5.74) is 1.14. The van der Waals surface area contributed by atoms with E-state index in [2.05, 4.69) is 5.32 Å². The highest BCUT2D eigenvalue weighted by Crippen LogP contribution is 2.21. The zero-order valence-electron chi connectivity index (χ0n) is 20.9. The Balaban J connectivity index is 2.44. The number of amides is 2. The quantitative estimate of drug-likeness (QED) is 0.461.